The summed E-state index contributed by atoms with van der Waals surface area (Å²) in [6, 6.07) is 18.3. The van der Waals surface area contributed by atoms with E-state index >= 15 is 0 Å². The molecular formula is C29H24FN3O3. The average molecular weight is 482 g/mol. The molecular weight excluding hydrogens is 457 g/mol. The minimum Gasteiger partial charge on any atom is -0.325 e. The van der Waals surface area contributed by atoms with Crippen molar-refractivity contribution in [3.05, 3.63) is 94.8 Å². The van der Waals surface area contributed by atoms with E-state index in [1.54, 1.807) is 0 Å². The number of para-hydroxylation sites is 1. The van der Waals surface area contributed by atoms with E-state index in [9.17, 15) is 18.8 Å². The summed E-state index contributed by atoms with van der Waals surface area (Å²) in [4.78, 5) is 45.1. The van der Waals surface area contributed by atoms with Gasteiger partial charge in [-0.1, -0.05) is 35.9 Å². The van der Waals surface area contributed by atoms with Crippen molar-refractivity contribution in [3.8, 4) is 0 Å². The number of hydrogen-bond acceptors (Lipinski definition) is 4. The van der Waals surface area contributed by atoms with Crippen molar-refractivity contribution in [1.29, 1.82) is 0 Å². The third kappa shape index (κ3) is 2.32. The van der Waals surface area contributed by atoms with E-state index in [2.05, 4.69) is 15.5 Å². The highest BCUT2D eigenvalue weighted by atomic mass is 19.1. The second-order valence-corrected chi connectivity index (χ2v) is 10.3. The number of rotatable bonds is 2. The highest BCUT2D eigenvalue weighted by Crippen LogP contribution is 2.67. The molecule has 2 spiro atoms. The highest BCUT2D eigenvalue weighted by Gasteiger charge is 2.81. The summed E-state index contributed by atoms with van der Waals surface area (Å²) >= 11 is 0. The highest BCUT2D eigenvalue weighted by molar-refractivity contribution is 6.21. The lowest BCUT2D eigenvalue weighted by Crippen LogP contribution is -2.62. The molecule has 3 aromatic rings. The third-order valence-corrected chi connectivity index (χ3v) is 8.66. The van der Waals surface area contributed by atoms with Crippen molar-refractivity contribution in [2.75, 3.05) is 17.2 Å². The second kappa shape index (κ2) is 7.11. The number of aryl methyl sites for hydroxylation is 1. The zero-order valence-electron chi connectivity index (χ0n) is 19.7. The standard InChI is InChI=1S/C29H24FN3O3/c1-16-8-13-22-20(15-16)29(27(36)32-22)28(19-5-2-3-6-21(19)31-26(28)35)24(23-7-4-14-33(23)29)25(34)17-9-11-18(30)12-10-17/h2-3,5-6,8-13,15,23-24H,4,7,14H2,1H3,(H,31,35)(H,32,36). The summed E-state index contributed by atoms with van der Waals surface area (Å²) in [5, 5.41) is 6.08. The molecule has 6 nitrogen and oxygen atoms in total. The summed E-state index contributed by atoms with van der Waals surface area (Å²) in [5.74, 6) is -2.13. The van der Waals surface area contributed by atoms with Gasteiger partial charge in [-0.05, 0) is 68.3 Å². The van der Waals surface area contributed by atoms with Gasteiger partial charge < -0.3 is 10.6 Å². The van der Waals surface area contributed by atoms with Crippen molar-refractivity contribution < 1.29 is 18.8 Å². The van der Waals surface area contributed by atoms with Gasteiger partial charge in [-0.25, -0.2) is 4.39 Å². The van der Waals surface area contributed by atoms with E-state index in [-0.39, 0.29) is 23.6 Å². The lowest BCUT2D eigenvalue weighted by Gasteiger charge is -2.43. The van der Waals surface area contributed by atoms with Gasteiger partial charge in [0, 0.05) is 28.5 Å². The van der Waals surface area contributed by atoms with Crippen LogP contribution in [0.4, 0.5) is 15.8 Å². The molecule has 2 fully saturated rings. The van der Waals surface area contributed by atoms with Gasteiger partial charge in [0.05, 0.1) is 5.92 Å². The lowest BCUT2D eigenvalue weighted by molar-refractivity contribution is -0.137. The Morgan fingerprint density at radius 2 is 1.67 bits per heavy atom. The van der Waals surface area contributed by atoms with Gasteiger partial charge in [0.15, 0.2) is 5.78 Å². The second-order valence-electron chi connectivity index (χ2n) is 10.3. The number of ketones is 1. The Morgan fingerprint density at radius 3 is 2.47 bits per heavy atom. The largest absolute Gasteiger partial charge is 0.325 e. The number of Topliss-reactive ketones (excluding diaryl/α,β-unsaturated/α-hetero) is 1. The number of fused-ring (bicyclic) bond motifs is 7. The van der Waals surface area contributed by atoms with Crippen molar-refractivity contribution in [2.24, 2.45) is 5.92 Å². The molecule has 4 unspecified atom stereocenters. The molecule has 0 aromatic heterocycles. The molecule has 36 heavy (non-hydrogen) atoms. The van der Waals surface area contributed by atoms with Crippen LogP contribution in [0, 0.1) is 18.7 Å². The molecule has 7 heteroatoms. The van der Waals surface area contributed by atoms with Gasteiger partial charge in [0.2, 0.25) is 5.91 Å². The van der Waals surface area contributed by atoms with Crippen LogP contribution in [0.5, 0.6) is 0 Å². The zero-order valence-corrected chi connectivity index (χ0v) is 19.7. The van der Waals surface area contributed by atoms with E-state index < -0.39 is 22.7 Å². The number of carbonyl (C=O) groups is 3. The molecule has 4 heterocycles. The van der Waals surface area contributed by atoms with E-state index in [0.717, 1.165) is 17.5 Å². The van der Waals surface area contributed by atoms with Crippen LogP contribution in [0.25, 0.3) is 0 Å². The Morgan fingerprint density at radius 1 is 0.944 bits per heavy atom. The fourth-order valence-electron chi connectivity index (χ4n) is 7.49. The summed E-state index contributed by atoms with van der Waals surface area (Å²) in [5.41, 5.74) is 1.13. The minimum atomic E-state index is -1.48. The molecule has 0 aliphatic carbocycles. The van der Waals surface area contributed by atoms with Crippen LogP contribution in [-0.2, 0) is 20.5 Å². The summed E-state index contributed by atoms with van der Waals surface area (Å²) < 4.78 is 13.8. The van der Waals surface area contributed by atoms with Crippen LogP contribution in [0.1, 0.15) is 39.9 Å². The number of hydrogen-bond donors (Lipinski definition) is 2. The average Bonchev–Trinajstić information content (AvgIpc) is 3.58. The van der Waals surface area contributed by atoms with Crippen LogP contribution in [-0.4, -0.2) is 35.1 Å². The van der Waals surface area contributed by atoms with Crippen molar-refractivity contribution >= 4 is 29.0 Å². The Balaban J connectivity index is 1.59. The molecule has 2 N–H and O–H groups in total. The monoisotopic (exact) mass is 481 g/mol. The fraction of sp³-hybridized carbons (Fsp3) is 0.276. The van der Waals surface area contributed by atoms with Crippen molar-refractivity contribution in [3.63, 3.8) is 0 Å². The summed E-state index contributed by atoms with van der Waals surface area (Å²) in [7, 11) is 0. The van der Waals surface area contributed by atoms with Crippen LogP contribution in [0.15, 0.2) is 66.7 Å². The molecule has 3 aromatic carbocycles. The van der Waals surface area contributed by atoms with Crippen LogP contribution in [0.2, 0.25) is 0 Å². The van der Waals surface area contributed by atoms with Gasteiger partial charge in [0.1, 0.15) is 16.8 Å². The number of amides is 2. The molecule has 0 bridgehead atoms. The maximum absolute atomic E-state index is 14.4. The van der Waals surface area contributed by atoms with Crippen LogP contribution < -0.4 is 10.6 Å². The number of anilines is 2. The third-order valence-electron chi connectivity index (χ3n) is 8.66. The van der Waals surface area contributed by atoms with E-state index in [1.807, 2.05) is 49.4 Å². The molecule has 2 saturated heterocycles. The molecule has 180 valence electrons. The molecule has 4 aliphatic rings. The first-order valence-corrected chi connectivity index (χ1v) is 12.3. The number of nitrogens with zero attached hydrogens (tertiary/aromatic N) is 1. The predicted octanol–water partition coefficient (Wildman–Crippen LogP) is 4.15. The van der Waals surface area contributed by atoms with Crippen LogP contribution >= 0.6 is 0 Å². The number of halogens is 1. The van der Waals surface area contributed by atoms with Gasteiger partial charge in [-0.2, -0.15) is 0 Å². The molecule has 0 radical (unpaired) electrons. The normalized spacial score (nSPS) is 29.8. The molecule has 4 atom stereocenters. The summed E-state index contributed by atoms with van der Waals surface area (Å²) in [6.45, 7) is 2.56. The first-order chi connectivity index (χ1) is 17.4. The number of nitrogens with one attached hydrogen (secondary N) is 2. The Kier molecular flexibility index (Phi) is 4.23. The van der Waals surface area contributed by atoms with Gasteiger partial charge in [-0.15, -0.1) is 0 Å². The Labute approximate surface area is 207 Å². The van der Waals surface area contributed by atoms with E-state index in [0.29, 0.717) is 35.5 Å². The first-order valence-electron chi connectivity index (χ1n) is 12.3. The van der Waals surface area contributed by atoms with Gasteiger partial charge in [-0.3, -0.25) is 19.3 Å². The first kappa shape index (κ1) is 21.4. The smallest absolute Gasteiger partial charge is 0.251 e. The molecule has 7 rings (SSSR count). The maximum atomic E-state index is 14.4. The maximum Gasteiger partial charge on any atom is 0.251 e. The minimum absolute atomic E-state index is 0.246. The number of benzene rings is 3. The van der Waals surface area contributed by atoms with Gasteiger partial charge in [0.25, 0.3) is 5.91 Å². The van der Waals surface area contributed by atoms with E-state index in [4.69, 9.17) is 0 Å². The van der Waals surface area contributed by atoms with Crippen LogP contribution in [0.3, 0.4) is 0 Å². The quantitative estimate of drug-likeness (QED) is 0.539. The van der Waals surface area contributed by atoms with E-state index in [1.165, 1.54) is 24.3 Å². The zero-order chi connectivity index (χ0) is 24.8. The molecule has 2 amide bonds. The van der Waals surface area contributed by atoms with Gasteiger partial charge >= 0.3 is 0 Å². The Bertz CT molecular complexity index is 1490. The SMILES string of the molecule is Cc1ccc2c(c1)C1(C(=O)N2)N2CCCC2C(C(=O)c2ccc(F)cc2)C12C(=O)Nc1ccccc12. The Hall–Kier alpha value is -3.84. The lowest BCUT2D eigenvalue weighted by atomic mass is 9.57. The predicted molar refractivity (Wildman–Crippen MR) is 132 cm³/mol. The topological polar surface area (TPSA) is 78.5 Å². The summed E-state index contributed by atoms with van der Waals surface area (Å²) in [6.07, 6.45) is 1.50. The number of carbonyl (C=O) groups excluding carboxylic acids is 3. The fourth-order valence-corrected chi connectivity index (χ4v) is 7.49. The molecule has 0 saturated carbocycles. The van der Waals surface area contributed by atoms with Crippen molar-refractivity contribution in [2.45, 2.75) is 36.8 Å². The molecule has 4 aliphatic heterocycles. The van der Waals surface area contributed by atoms with Crippen molar-refractivity contribution in [1.82, 2.24) is 4.90 Å².